The first kappa shape index (κ1) is 21.9. The third kappa shape index (κ3) is 5.03. The number of hydrogen-bond donors (Lipinski definition) is 2. The average molecular weight is 413 g/mol. The molecular weight excluding hydrogens is 380 g/mol. The molecule has 1 aliphatic carbocycles. The molecule has 29 heavy (non-hydrogen) atoms. The van der Waals surface area contributed by atoms with Gasteiger partial charge in [-0.3, -0.25) is 0 Å². The molecule has 4 rings (SSSR count). The first-order valence-corrected chi connectivity index (χ1v) is 10.7. The lowest BCUT2D eigenvalue weighted by Crippen LogP contribution is -2.37. The maximum Gasteiger partial charge on any atom is 0.0912 e. The van der Waals surface area contributed by atoms with Crippen LogP contribution >= 0.6 is 12.4 Å². The van der Waals surface area contributed by atoms with Gasteiger partial charge in [-0.1, -0.05) is 67.8 Å². The summed E-state index contributed by atoms with van der Waals surface area (Å²) in [4.78, 5) is 0. The van der Waals surface area contributed by atoms with E-state index in [0.717, 1.165) is 18.0 Å². The van der Waals surface area contributed by atoms with Crippen molar-refractivity contribution in [3.8, 4) is 0 Å². The summed E-state index contributed by atoms with van der Waals surface area (Å²) in [5.41, 5.74) is 3.58. The van der Waals surface area contributed by atoms with Crippen molar-refractivity contribution in [2.24, 2.45) is 5.92 Å². The maximum absolute atomic E-state index is 11.2. The number of hydrogen-bond acceptors (Lipinski definition) is 2. The molecule has 2 aromatic carbocycles. The number of aromatic nitrogens is 1. The van der Waals surface area contributed by atoms with Gasteiger partial charge in [-0.25, -0.2) is 0 Å². The summed E-state index contributed by atoms with van der Waals surface area (Å²) in [6.07, 6.45) is 8.45. The van der Waals surface area contributed by atoms with Gasteiger partial charge in [0.15, 0.2) is 0 Å². The molecule has 2 unspecified atom stereocenters. The second-order valence-corrected chi connectivity index (χ2v) is 8.32. The lowest BCUT2D eigenvalue weighted by Gasteiger charge is -2.28. The minimum absolute atomic E-state index is 0. The molecule has 1 aromatic heterocycles. The number of nitrogens with zero attached hydrogens (tertiary/aromatic N) is 1. The molecule has 0 aliphatic heterocycles. The van der Waals surface area contributed by atoms with Crippen LogP contribution < -0.4 is 5.32 Å². The van der Waals surface area contributed by atoms with Gasteiger partial charge in [0.2, 0.25) is 0 Å². The Bertz CT molecular complexity index is 886. The molecule has 0 radical (unpaired) electrons. The van der Waals surface area contributed by atoms with Crippen LogP contribution in [0, 0.1) is 12.8 Å². The number of rotatable bonds is 7. The van der Waals surface area contributed by atoms with Crippen molar-refractivity contribution in [1.29, 1.82) is 0 Å². The van der Waals surface area contributed by atoms with Crippen LogP contribution in [0.3, 0.4) is 0 Å². The fraction of sp³-hybridized carbons (Fsp3) is 0.440. The maximum atomic E-state index is 11.2. The van der Waals surface area contributed by atoms with E-state index in [9.17, 15) is 5.11 Å². The van der Waals surface area contributed by atoms with Crippen LogP contribution in [0.25, 0.3) is 10.9 Å². The largest absolute Gasteiger partial charge is 0.389 e. The predicted octanol–water partition coefficient (Wildman–Crippen LogP) is 5.49. The zero-order chi connectivity index (χ0) is 19.3. The summed E-state index contributed by atoms with van der Waals surface area (Å²) < 4.78 is 2.26. The van der Waals surface area contributed by atoms with E-state index in [1.807, 2.05) is 6.07 Å². The fourth-order valence-electron chi connectivity index (χ4n) is 4.77. The molecule has 3 nitrogen and oxygen atoms in total. The molecule has 4 heteroatoms. The Morgan fingerprint density at radius 1 is 1.00 bits per heavy atom. The second-order valence-electron chi connectivity index (χ2n) is 8.32. The van der Waals surface area contributed by atoms with Gasteiger partial charge in [0, 0.05) is 23.6 Å². The normalized spacial score (nSPS) is 17.0. The smallest absolute Gasteiger partial charge is 0.0912 e. The monoisotopic (exact) mass is 412 g/mol. The number of halogens is 1. The Kier molecular flexibility index (Phi) is 7.77. The molecule has 1 aliphatic rings. The summed E-state index contributed by atoms with van der Waals surface area (Å²) in [6.45, 7) is 3.78. The first-order valence-electron chi connectivity index (χ1n) is 10.7. The van der Waals surface area contributed by atoms with Crippen molar-refractivity contribution >= 4 is 23.3 Å². The van der Waals surface area contributed by atoms with Gasteiger partial charge in [0.25, 0.3) is 0 Å². The van der Waals surface area contributed by atoms with Crippen molar-refractivity contribution in [3.05, 3.63) is 71.9 Å². The van der Waals surface area contributed by atoms with Crippen molar-refractivity contribution in [2.75, 3.05) is 13.1 Å². The number of aryl methyl sites for hydroxylation is 1. The number of para-hydroxylation sites is 1. The average Bonchev–Trinajstić information content (AvgIpc) is 3.06. The summed E-state index contributed by atoms with van der Waals surface area (Å²) in [7, 11) is 0. The molecule has 1 saturated carbocycles. The van der Waals surface area contributed by atoms with Gasteiger partial charge >= 0.3 is 0 Å². The van der Waals surface area contributed by atoms with Gasteiger partial charge in [0.05, 0.1) is 12.1 Å². The molecular formula is C25H33ClN2O. The molecule has 3 aromatic rings. The van der Waals surface area contributed by atoms with Crippen molar-refractivity contribution < 1.29 is 5.11 Å². The molecule has 156 valence electrons. The summed E-state index contributed by atoms with van der Waals surface area (Å²) >= 11 is 0. The molecule has 0 bridgehead atoms. The van der Waals surface area contributed by atoms with Crippen LogP contribution in [-0.4, -0.2) is 28.9 Å². The van der Waals surface area contributed by atoms with E-state index in [1.54, 1.807) is 0 Å². The summed E-state index contributed by atoms with van der Waals surface area (Å²) in [5, 5.41) is 16.1. The lowest BCUT2D eigenvalue weighted by molar-refractivity contribution is 0.127. The number of nitrogens with one attached hydrogen (secondary N) is 1. The molecule has 1 heterocycles. The van der Waals surface area contributed by atoms with E-state index in [-0.39, 0.29) is 18.4 Å². The SMILES string of the molecule is Cc1cn(C(c2ccccc2)C(O)CNCC2CCCCC2)c2ccccc12.Cl. The lowest BCUT2D eigenvalue weighted by atomic mass is 9.89. The summed E-state index contributed by atoms with van der Waals surface area (Å²) in [5.74, 6) is 0.769. The van der Waals surface area contributed by atoms with Gasteiger partial charge in [-0.2, -0.15) is 0 Å². The predicted molar refractivity (Wildman–Crippen MR) is 124 cm³/mol. The Morgan fingerprint density at radius 2 is 1.69 bits per heavy atom. The molecule has 2 atom stereocenters. The quantitative estimate of drug-likeness (QED) is 0.538. The van der Waals surface area contributed by atoms with E-state index in [4.69, 9.17) is 0 Å². The van der Waals surface area contributed by atoms with Gasteiger partial charge < -0.3 is 15.0 Å². The molecule has 0 spiro atoms. The zero-order valence-electron chi connectivity index (χ0n) is 17.3. The number of benzene rings is 2. The van der Waals surface area contributed by atoms with Gasteiger partial charge in [-0.15, -0.1) is 12.4 Å². The van der Waals surface area contributed by atoms with E-state index in [0.29, 0.717) is 6.54 Å². The van der Waals surface area contributed by atoms with E-state index in [2.05, 4.69) is 71.5 Å². The minimum atomic E-state index is -0.485. The highest BCUT2D eigenvalue weighted by Gasteiger charge is 2.25. The third-order valence-electron chi connectivity index (χ3n) is 6.26. The van der Waals surface area contributed by atoms with Crippen LogP contribution in [-0.2, 0) is 0 Å². The Balaban J connectivity index is 0.00000240. The number of fused-ring (bicyclic) bond motifs is 1. The van der Waals surface area contributed by atoms with Crippen LogP contribution in [0.5, 0.6) is 0 Å². The Morgan fingerprint density at radius 3 is 2.45 bits per heavy atom. The van der Waals surface area contributed by atoms with Crippen LogP contribution in [0.1, 0.15) is 49.3 Å². The molecule has 0 saturated heterocycles. The van der Waals surface area contributed by atoms with Gasteiger partial charge in [0.1, 0.15) is 0 Å². The van der Waals surface area contributed by atoms with Crippen LogP contribution in [0.15, 0.2) is 60.8 Å². The van der Waals surface area contributed by atoms with Crippen molar-refractivity contribution in [1.82, 2.24) is 9.88 Å². The summed E-state index contributed by atoms with van der Waals surface area (Å²) in [6, 6.07) is 18.8. The van der Waals surface area contributed by atoms with Crippen molar-refractivity contribution in [3.63, 3.8) is 0 Å². The fourth-order valence-corrected chi connectivity index (χ4v) is 4.77. The van der Waals surface area contributed by atoms with E-state index < -0.39 is 6.10 Å². The highest BCUT2D eigenvalue weighted by Crippen LogP contribution is 2.30. The number of aliphatic hydroxyl groups is 1. The minimum Gasteiger partial charge on any atom is -0.389 e. The standard InChI is InChI=1S/C25H32N2O.ClH/c1-19-18-27(23-15-9-8-14-22(19)23)25(21-12-6-3-7-13-21)24(28)17-26-16-20-10-4-2-5-11-20;/h3,6-9,12-15,18,20,24-26,28H,2,4-5,10-11,16-17H2,1H3;1H. The first-order chi connectivity index (χ1) is 13.7. The number of aliphatic hydroxyl groups excluding tert-OH is 1. The van der Waals surface area contributed by atoms with Gasteiger partial charge in [-0.05, 0) is 49.4 Å². The highest BCUT2D eigenvalue weighted by molar-refractivity contribution is 5.85. The zero-order valence-corrected chi connectivity index (χ0v) is 18.1. The molecule has 2 N–H and O–H groups in total. The third-order valence-corrected chi connectivity index (χ3v) is 6.26. The van der Waals surface area contributed by atoms with E-state index >= 15 is 0 Å². The van der Waals surface area contributed by atoms with E-state index in [1.165, 1.54) is 48.6 Å². The van der Waals surface area contributed by atoms with Crippen LogP contribution in [0.2, 0.25) is 0 Å². The molecule has 1 fully saturated rings. The Labute approximate surface area is 180 Å². The Hall–Kier alpha value is -1.81. The molecule has 0 amide bonds. The highest BCUT2D eigenvalue weighted by atomic mass is 35.5. The van der Waals surface area contributed by atoms with Crippen LogP contribution in [0.4, 0.5) is 0 Å². The second kappa shape index (κ2) is 10.3. The topological polar surface area (TPSA) is 37.2 Å². The van der Waals surface area contributed by atoms with Crippen molar-refractivity contribution in [2.45, 2.75) is 51.2 Å².